The Kier molecular flexibility index (Phi) is 5.45. The number of hydrogen-bond donors (Lipinski definition) is 2. The molecule has 0 saturated carbocycles. The van der Waals surface area contributed by atoms with Gasteiger partial charge in [-0.25, -0.2) is 8.78 Å². The molecule has 124 valence electrons. The second kappa shape index (κ2) is 7.53. The van der Waals surface area contributed by atoms with Crippen LogP contribution in [0, 0.1) is 24.0 Å². The van der Waals surface area contributed by atoms with Crippen molar-refractivity contribution in [2.75, 3.05) is 13.2 Å². The normalized spacial score (nSPS) is 11.6. The lowest BCUT2D eigenvalue weighted by Crippen LogP contribution is -2.35. The maximum absolute atomic E-state index is 13.4. The minimum atomic E-state index is -1.10. The summed E-state index contributed by atoms with van der Waals surface area (Å²) in [4.78, 5) is 24.4. The van der Waals surface area contributed by atoms with Gasteiger partial charge in [0.25, 0.3) is 11.5 Å². The number of hydrogen-bond acceptors (Lipinski definition) is 3. The van der Waals surface area contributed by atoms with E-state index in [0.717, 1.165) is 16.7 Å². The molecule has 5 nitrogen and oxygen atoms in total. The summed E-state index contributed by atoms with van der Waals surface area (Å²) >= 11 is 0. The maximum Gasteiger partial charge on any atom is 0.264 e. The van der Waals surface area contributed by atoms with E-state index in [0.29, 0.717) is 0 Å². The first kappa shape index (κ1) is 17.4. The second-order valence-corrected chi connectivity index (χ2v) is 4.89. The minimum absolute atomic E-state index is 0.0419. The summed E-state index contributed by atoms with van der Waals surface area (Å²) in [5.41, 5.74) is -0.663. The highest BCUT2D eigenvalue weighted by atomic mass is 19.2. The van der Waals surface area contributed by atoms with Crippen LogP contribution in [0.4, 0.5) is 8.78 Å². The van der Waals surface area contributed by atoms with E-state index in [4.69, 9.17) is 6.42 Å². The zero-order chi connectivity index (χ0) is 17.7. The highest BCUT2D eigenvalue weighted by Crippen LogP contribution is 2.19. The van der Waals surface area contributed by atoms with E-state index in [1.807, 2.05) is 0 Å². The lowest BCUT2D eigenvalue weighted by molar-refractivity contribution is 0.0956. The average Bonchev–Trinajstić information content (AvgIpc) is 2.58. The molecule has 1 amide bonds. The fourth-order valence-electron chi connectivity index (χ4n) is 2.23. The van der Waals surface area contributed by atoms with Crippen LogP contribution < -0.4 is 10.9 Å². The molecule has 2 aromatic rings. The molecular weight excluding hydrogens is 318 g/mol. The van der Waals surface area contributed by atoms with Gasteiger partial charge in [0, 0.05) is 6.20 Å². The topological polar surface area (TPSA) is 71.3 Å². The SMILES string of the molecule is C#CCNC(=O)c1cccn([C@H](CO)c2ccc(F)c(F)c2)c1=O. The average molecular weight is 332 g/mol. The number of aliphatic hydroxyl groups excluding tert-OH is 1. The van der Waals surface area contributed by atoms with Crippen molar-refractivity contribution in [2.45, 2.75) is 6.04 Å². The van der Waals surface area contributed by atoms with Gasteiger partial charge >= 0.3 is 0 Å². The van der Waals surface area contributed by atoms with E-state index in [1.165, 1.54) is 24.4 Å². The molecule has 0 spiro atoms. The Morgan fingerprint density at radius 1 is 1.33 bits per heavy atom. The standard InChI is InChI=1S/C17H14F2N2O3/c1-2-7-20-16(23)12-4-3-8-21(17(12)24)15(10-22)11-5-6-13(18)14(19)9-11/h1,3-6,8-9,15,22H,7,10H2,(H,20,23)/t15-/m1/s1. The number of nitrogens with zero attached hydrogens (tertiary/aromatic N) is 1. The smallest absolute Gasteiger partial charge is 0.264 e. The van der Waals surface area contributed by atoms with Crippen molar-refractivity contribution < 1.29 is 18.7 Å². The van der Waals surface area contributed by atoms with Crippen LogP contribution in [0.15, 0.2) is 41.3 Å². The van der Waals surface area contributed by atoms with Crippen molar-refractivity contribution in [3.63, 3.8) is 0 Å². The van der Waals surface area contributed by atoms with Crippen LogP contribution >= 0.6 is 0 Å². The maximum atomic E-state index is 13.4. The second-order valence-electron chi connectivity index (χ2n) is 4.89. The highest BCUT2D eigenvalue weighted by molar-refractivity contribution is 5.93. The molecular formula is C17H14F2N2O3. The highest BCUT2D eigenvalue weighted by Gasteiger charge is 2.19. The van der Waals surface area contributed by atoms with Crippen molar-refractivity contribution in [3.05, 3.63) is 69.6 Å². The number of rotatable bonds is 5. The molecule has 7 heteroatoms. The van der Waals surface area contributed by atoms with Crippen LogP contribution in [0.25, 0.3) is 0 Å². The summed E-state index contributed by atoms with van der Waals surface area (Å²) in [5, 5.41) is 12.0. The van der Waals surface area contributed by atoms with Gasteiger partial charge in [-0.1, -0.05) is 12.0 Å². The van der Waals surface area contributed by atoms with E-state index in [-0.39, 0.29) is 17.7 Å². The Labute approximate surface area is 136 Å². The molecule has 0 aliphatic heterocycles. The molecule has 0 bridgehead atoms. The van der Waals surface area contributed by atoms with Gasteiger partial charge in [-0.15, -0.1) is 6.42 Å². The summed E-state index contributed by atoms with van der Waals surface area (Å²) in [6.45, 7) is -0.583. The van der Waals surface area contributed by atoms with E-state index in [9.17, 15) is 23.5 Å². The van der Waals surface area contributed by atoms with Crippen molar-refractivity contribution in [1.82, 2.24) is 9.88 Å². The Bertz CT molecular complexity index is 856. The Morgan fingerprint density at radius 3 is 2.71 bits per heavy atom. The van der Waals surface area contributed by atoms with Crippen LogP contribution in [0.5, 0.6) is 0 Å². The van der Waals surface area contributed by atoms with Crippen molar-refractivity contribution in [2.24, 2.45) is 0 Å². The Hall–Kier alpha value is -2.98. The lowest BCUT2D eigenvalue weighted by Gasteiger charge is -2.19. The van der Waals surface area contributed by atoms with Gasteiger partial charge in [0.2, 0.25) is 0 Å². The molecule has 0 fully saturated rings. The van der Waals surface area contributed by atoms with Crippen LogP contribution in [-0.2, 0) is 0 Å². The number of aromatic nitrogens is 1. The van der Waals surface area contributed by atoms with E-state index < -0.39 is 35.7 Å². The van der Waals surface area contributed by atoms with Gasteiger partial charge in [0.05, 0.1) is 19.2 Å². The van der Waals surface area contributed by atoms with Gasteiger partial charge in [0.1, 0.15) is 5.56 Å². The first-order chi connectivity index (χ1) is 11.5. The summed E-state index contributed by atoms with van der Waals surface area (Å²) in [7, 11) is 0. The molecule has 0 aliphatic carbocycles. The molecule has 0 unspecified atom stereocenters. The number of carbonyl (C=O) groups excluding carboxylic acids is 1. The van der Waals surface area contributed by atoms with Gasteiger partial charge < -0.3 is 15.0 Å². The first-order valence-corrected chi connectivity index (χ1v) is 6.98. The zero-order valence-electron chi connectivity index (χ0n) is 12.5. The number of nitrogens with one attached hydrogen (secondary N) is 1. The molecule has 24 heavy (non-hydrogen) atoms. The summed E-state index contributed by atoms with van der Waals surface area (Å²) in [6, 6.07) is 4.85. The van der Waals surface area contributed by atoms with E-state index in [2.05, 4.69) is 11.2 Å². The molecule has 2 N–H and O–H groups in total. The van der Waals surface area contributed by atoms with E-state index >= 15 is 0 Å². The number of pyridine rings is 1. The van der Waals surface area contributed by atoms with Crippen LogP contribution in [0.3, 0.4) is 0 Å². The number of carbonyl (C=O) groups is 1. The predicted octanol–water partition coefficient (Wildman–Crippen LogP) is 1.07. The molecule has 2 rings (SSSR count). The Morgan fingerprint density at radius 2 is 2.08 bits per heavy atom. The van der Waals surface area contributed by atoms with Crippen LogP contribution in [0.2, 0.25) is 0 Å². The fraction of sp³-hybridized carbons (Fsp3) is 0.176. The molecule has 1 atom stereocenters. The van der Waals surface area contributed by atoms with Gasteiger partial charge in [0.15, 0.2) is 11.6 Å². The first-order valence-electron chi connectivity index (χ1n) is 6.98. The van der Waals surface area contributed by atoms with Crippen molar-refractivity contribution in [3.8, 4) is 12.3 Å². The summed E-state index contributed by atoms with van der Waals surface area (Å²) < 4.78 is 27.6. The fourth-order valence-corrected chi connectivity index (χ4v) is 2.23. The number of amides is 1. The monoisotopic (exact) mass is 332 g/mol. The molecule has 0 saturated heterocycles. The summed E-state index contributed by atoms with van der Waals surface area (Å²) in [5.74, 6) is -0.575. The predicted molar refractivity (Wildman–Crippen MR) is 83.5 cm³/mol. The number of benzene rings is 1. The van der Waals surface area contributed by atoms with Gasteiger partial charge in [-0.2, -0.15) is 0 Å². The molecule has 1 heterocycles. The summed E-state index contributed by atoms with van der Waals surface area (Å²) in [6.07, 6.45) is 6.40. The van der Waals surface area contributed by atoms with Crippen molar-refractivity contribution in [1.29, 1.82) is 0 Å². The quantitative estimate of drug-likeness (QED) is 0.805. The van der Waals surface area contributed by atoms with Gasteiger partial charge in [-0.3, -0.25) is 9.59 Å². The number of aliphatic hydroxyl groups is 1. The van der Waals surface area contributed by atoms with Crippen LogP contribution in [0.1, 0.15) is 22.0 Å². The molecule has 1 aromatic heterocycles. The third kappa shape index (κ3) is 3.50. The lowest BCUT2D eigenvalue weighted by atomic mass is 10.1. The third-order valence-electron chi connectivity index (χ3n) is 3.41. The third-order valence-corrected chi connectivity index (χ3v) is 3.41. The van der Waals surface area contributed by atoms with Crippen molar-refractivity contribution >= 4 is 5.91 Å². The molecule has 1 aromatic carbocycles. The number of halogens is 2. The molecule has 0 aliphatic rings. The number of terminal acetylenes is 1. The minimum Gasteiger partial charge on any atom is -0.394 e. The van der Waals surface area contributed by atoms with Gasteiger partial charge in [-0.05, 0) is 29.8 Å². The van der Waals surface area contributed by atoms with E-state index in [1.54, 1.807) is 0 Å². The van der Waals surface area contributed by atoms with Crippen LogP contribution in [-0.4, -0.2) is 28.7 Å². The largest absolute Gasteiger partial charge is 0.394 e. The Balaban J connectivity index is 2.46. The zero-order valence-corrected chi connectivity index (χ0v) is 12.5. The molecule has 0 radical (unpaired) electrons.